The molecular weight excluding hydrogens is 399 g/mol. The normalized spacial score (nSPS) is 17.8. The molecule has 2 aromatic carbocycles. The summed E-state index contributed by atoms with van der Waals surface area (Å²) in [6.07, 6.45) is 3.08. The van der Waals surface area contributed by atoms with Crippen molar-refractivity contribution >= 4 is 23.1 Å². The van der Waals surface area contributed by atoms with Crippen LogP contribution in [0.15, 0.2) is 72.6 Å². The Morgan fingerprint density at radius 2 is 1.74 bits per heavy atom. The second-order valence-corrected chi connectivity index (χ2v) is 7.11. The van der Waals surface area contributed by atoms with Crippen molar-refractivity contribution in [2.45, 2.75) is 13.0 Å². The van der Waals surface area contributed by atoms with Gasteiger partial charge in [0.25, 0.3) is 11.7 Å². The fourth-order valence-electron chi connectivity index (χ4n) is 3.74. The summed E-state index contributed by atoms with van der Waals surface area (Å²) in [5, 5.41) is 11.2. The van der Waals surface area contributed by atoms with Gasteiger partial charge in [-0.3, -0.25) is 19.5 Å². The van der Waals surface area contributed by atoms with Crippen molar-refractivity contribution in [1.29, 1.82) is 0 Å². The predicted molar refractivity (Wildman–Crippen MR) is 113 cm³/mol. The van der Waals surface area contributed by atoms with Crippen molar-refractivity contribution in [3.05, 3.63) is 95.1 Å². The Hall–Kier alpha value is -4.00. The number of halogens is 1. The molecule has 1 amide bonds. The van der Waals surface area contributed by atoms with Crippen LogP contribution in [-0.2, 0) is 9.59 Å². The SMILES string of the molecule is COc1ccc(/C(O)=C2/C(=O)C(=O)N(c3ccc(F)cc3)C2c2ccncc2)c(C)c1. The maximum Gasteiger partial charge on any atom is 0.300 e. The third-order valence-corrected chi connectivity index (χ3v) is 5.26. The van der Waals surface area contributed by atoms with Crippen molar-refractivity contribution in [2.24, 2.45) is 0 Å². The number of hydrogen-bond donors (Lipinski definition) is 1. The summed E-state index contributed by atoms with van der Waals surface area (Å²) < 4.78 is 18.7. The highest BCUT2D eigenvalue weighted by Gasteiger charge is 2.47. The lowest BCUT2D eigenvalue weighted by atomic mass is 9.94. The van der Waals surface area contributed by atoms with Crippen molar-refractivity contribution in [3.8, 4) is 5.75 Å². The molecule has 0 aliphatic carbocycles. The van der Waals surface area contributed by atoms with Gasteiger partial charge in [-0.05, 0) is 72.6 Å². The van der Waals surface area contributed by atoms with Crippen molar-refractivity contribution in [1.82, 2.24) is 4.98 Å². The molecule has 4 rings (SSSR count). The van der Waals surface area contributed by atoms with E-state index in [0.29, 0.717) is 28.1 Å². The lowest BCUT2D eigenvalue weighted by Crippen LogP contribution is -2.29. The number of aryl methyl sites for hydroxylation is 1. The molecule has 0 radical (unpaired) electrons. The molecule has 1 saturated heterocycles. The van der Waals surface area contributed by atoms with Crippen molar-refractivity contribution in [2.75, 3.05) is 12.0 Å². The molecule has 3 aromatic rings. The van der Waals surface area contributed by atoms with Crippen LogP contribution in [0, 0.1) is 12.7 Å². The number of methoxy groups -OCH3 is 1. The summed E-state index contributed by atoms with van der Waals surface area (Å²) in [5.74, 6) is -1.77. The van der Waals surface area contributed by atoms with Crippen LogP contribution in [0.1, 0.15) is 22.7 Å². The Labute approximate surface area is 178 Å². The number of carbonyl (C=O) groups is 2. The van der Waals surface area contributed by atoms with E-state index in [-0.39, 0.29) is 11.3 Å². The van der Waals surface area contributed by atoms with Gasteiger partial charge in [0, 0.05) is 23.6 Å². The first-order valence-corrected chi connectivity index (χ1v) is 9.54. The molecule has 0 saturated carbocycles. The van der Waals surface area contributed by atoms with Crippen LogP contribution in [0.4, 0.5) is 10.1 Å². The summed E-state index contributed by atoms with van der Waals surface area (Å²) >= 11 is 0. The number of aromatic nitrogens is 1. The van der Waals surface area contributed by atoms with E-state index in [1.165, 1.54) is 36.3 Å². The summed E-state index contributed by atoms with van der Waals surface area (Å²) in [5.41, 5.74) is 1.98. The molecule has 6 nitrogen and oxygen atoms in total. The molecule has 7 heteroatoms. The highest BCUT2D eigenvalue weighted by molar-refractivity contribution is 6.51. The van der Waals surface area contributed by atoms with Gasteiger partial charge in [0.15, 0.2) is 0 Å². The largest absolute Gasteiger partial charge is 0.507 e. The van der Waals surface area contributed by atoms with Gasteiger partial charge in [-0.25, -0.2) is 4.39 Å². The lowest BCUT2D eigenvalue weighted by molar-refractivity contribution is -0.132. The molecular formula is C24H19FN2O4. The minimum absolute atomic E-state index is 0.0474. The minimum Gasteiger partial charge on any atom is -0.507 e. The first kappa shape index (κ1) is 20.3. The van der Waals surface area contributed by atoms with Gasteiger partial charge in [-0.1, -0.05) is 0 Å². The van der Waals surface area contributed by atoms with E-state index in [1.807, 2.05) is 0 Å². The number of carbonyl (C=O) groups excluding carboxylic acids is 2. The second-order valence-electron chi connectivity index (χ2n) is 7.11. The number of ketones is 1. The third-order valence-electron chi connectivity index (χ3n) is 5.26. The van der Waals surface area contributed by atoms with Gasteiger partial charge in [-0.15, -0.1) is 0 Å². The number of rotatable bonds is 4. The molecule has 1 N–H and O–H groups in total. The van der Waals surface area contributed by atoms with Crippen LogP contribution >= 0.6 is 0 Å². The zero-order chi connectivity index (χ0) is 22.1. The van der Waals surface area contributed by atoms with E-state index < -0.39 is 23.5 Å². The number of Topliss-reactive ketones (excluding diaryl/α,β-unsaturated/α-hetero) is 1. The zero-order valence-electron chi connectivity index (χ0n) is 16.9. The Bertz CT molecular complexity index is 1190. The van der Waals surface area contributed by atoms with Crippen LogP contribution in [0.5, 0.6) is 5.75 Å². The second kappa shape index (κ2) is 8.02. The first-order valence-electron chi connectivity index (χ1n) is 9.54. The molecule has 1 aromatic heterocycles. The molecule has 0 bridgehead atoms. The maximum atomic E-state index is 13.5. The molecule has 1 unspecified atom stereocenters. The van der Waals surface area contributed by atoms with E-state index in [0.717, 1.165) is 0 Å². The Balaban J connectivity index is 1.93. The Morgan fingerprint density at radius 3 is 2.35 bits per heavy atom. The summed E-state index contributed by atoms with van der Waals surface area (Å²) in [7, 11) is 1.53. The average molecular weight is 418 g/mol. The van der Waals surface area contributed by atoms with Gasteiger partial charge < -0.3 is 9.84 Å². The molecule has 1 aliphatic rings. The van der Waals surface area contributed by atoms with Crippen LogP contribution in [0.2, 0.25) is 0 Å². The Kier molecular flexibility index (Phi) is 5.25. The fraction of sp³-hybridized carbons (Fsp3) is 0.125. The third kappa shape index (κ3) is 3.54. The molecule has 1 atom stereocenters. The first-order chi connectivity index (χ1) is 14.9. The number of pyridine rings is 1. The molecule has 0 spiro atoms. The predicted octanol–water partition coefficient (Wildman–Crippen LogP) is 4.16. The number of ether oxygens (including phenoxy) is 1. The van der Waals surface area contributed by atoms with Gasteiger partial charge in [-0.2, -0.15) is 0 Å². The van der Waals surface area contributed by atoms with Crippen LogP contribution in [0.3, 0.4) is 0 Å². The topological polar surface area (TPSA) is 79.7 Å². The zero-order valence-corrected chi connectivity index (χ0v) is 16.9. The summed E-state index contributed by atoms with van der Waals surface area (Å²) in [6.45, 7) is 1.77. The fourth-order valence-corrected chi connectivity index (χ4v) is 3.74. The quantitative estimate of drug-likeness (QED) is 0.391. The smallest absolute Gasteiger partial charge is 0.300 e. The van der Waals surface area contributed by atoms with Gasteiger partial charge in [0.1, 0.15) is 17.3 Å². The van der Waals surface area contributed by atoms with E-state index in [2.05, 4.69) is 4.98 Å². The Morgan fingerprint density at radius 1 is 1.06 bits per heavy atom. The van der Waals surface area contributed by atoms with Crippen LogP contribution in [0.25, 0.3) is 5.76 Å². The number of amides is 1. The molecule has 2 heterocycles. The monoisotopic (exact) mass is 418 g/mol. The van der Waals surface area contributed by atoms with Crippen LogP contribution < -0.4 is 9.64 Å². The number of nitrogens with zero attached hydrogens (tertiary/aromatic N) is 2. The maximum absolute atomic E-state index is 13.5. The van der Waals surface area contributed by atoms with E-state index in [4.69, 9.17) is 4.74 Å². The highest BCUT2D eigenvalue weighted by atomic mass is 19.1. The van der Waals surface area contributed by atoms with Crippen molar-refractivity contribution < 1.29 is 23.8 Å². The van der Waals surface area contributed by atoms with Gasteiger partial charge >= 0.3 is 0 Å². The van der Waals surface area contributed by atoms with E-state index >= 15 is 0 Å². The average Bonchev–Trinajstić information content (AvgIpc) is 3.05. The number of aliphatic hydroxyl groups is 1. The van der Waals surface area contributed by atoms with Crippen LogP contribution in [-0.4, -0.2) is 28.9 Å². The standard InChI is InChI=1S/C24H19FN2O4/c1-14-13-18(31-2)7-8-19(14)22(28)20-21(15-9-11-26-12-10-15)27(24(30)23(20)29)17-5-3-16(25)4-6-17/h3-13,21,28H,1-2H3/b22-20-. The van der Waals surface area contributed by atoms with E-state index in [9.17, 15) is 19.1 Å². The summed E-state index contributed by atoms with van der Waals surface area (Å²) in [4.78, 5) is 31.3. The molecule has 156 valence electrons. The molecule has 1 aliphatic heterocycles. The number of anilines is 1. The number of aliphatic hydroxyl groups excluding tert-OH is 1. The van der Waals surface area contributed by atoms with E-state index in [1.54, 1.807) is 49.6 Å². The van der Waals surface area contributed by atoms with Crippen molar-refractivity contribution in [3.63, 3.8) is 0 Å². The summed E-state index contributed by atoms with van der Waals surface area (Å²) in [6, 6.07) is 12.8. The van der Waals surface area contributed by atoms with Gasteiger partial charge in [0.2, 0.25) is 0 Å². The molecule has 31 heavy (non-hydrogen) atoms. The number of benzene rings is 2. The van der Waals surface area contributed by atoms with Gasteiger partial charge in [0.05, 0.1) is 18.7 Å². The molecule has 1 fully saturated rings. The minimum atomic E-state index is -0.894. The highest BCUT2D eigenvalue weighted by Crippen LogP contribution is 2.42. The number of hydrogen-bond acceptors (Lipinski definition) is 5. The lowest BCUT2D eigenvalue weighted by Gasteiger charge is -2.25.